The molecule has 1 aromatic carbocycles. The highest BCUT2D eigenvalue weighted by Gasteiger charge is 2.59. The Hall–Kier alpha value is -3.30. The number of aromatic nitrogens is 1. The highest BCUT2D eigenvalue weighted by atomic mass is 16.5. The van der Waals surface area contributed by atoms with Crippen molar-refractivity contribution in [1.29, 1.82) is 0 Å². The van der Waals surface area contributed by atoms with Gasteiger partial charge in [-0.25, -0.2) is 0 Å². The number of nitrogens with one attached hydrogen (secondary N) is 2. The molecule has 5 atom stereocenters. The molecule has 2 N–H and O–H groups in total. The van der Waals surface area contributed by atoms with Gasteiger partial charge in [0.15, 0.2) is 0 Å². The smallest absolute Gasteiger partial charge is 0.245 e. The molecule has 0 aliphatic carbocycles. The van der Waals surface area contributed by atoms with E-state index in [1.54, 1.807) is 13.2 Å². The lowest BCUT2D eigenvalue weighted by Crippen LogP contribution is -2.65. The number of carbonyl (C=O) groups is 3. The molecule has 9 nitrogen and oxygen atoms in total. The fraction of sp³-hybridized carbons (Fsp3) is 0.548. The first-order chi connectivity index (χ1) is 19.4. The zero-order chi connectivity index (χ0) is 28.3. The molecule has 4 fully saturated rings. The van der Waals surface area contributed by atoms with E-state index in [-0.39, 0.29) is 47.5 Å². The molecule has 1 spiro atoms. The van der Waals surface area contributed by atoms with Crippen LogP contribution in [-0.2, 0) is 32.3 Å². The van der Waals surface area contributed by atoms with Gasteiger partial charge in [0, 0.05) is 63.5 Å². The summed E-state index contributed by atoms with van der Waals surface area (Å²) in [6, 6.07) is 12.8. The number of benzene rings is 1. The number of nitrogens with zero attached hydrogens (tertiary/aromatic N) is 3. The molecule has 0 radical (unpaired) electrons. The fourth-order valence-corrected chi connectivity index (χ4v) is 7.07. The van der Waals surface area contributed by atoms with Crippen molar-refractivity contribution < 1.29 is 19.1 Å². The highest BCUT2D eigenvalue weighted by molar-refractivity contribution is 5.90. The molecule has 40 heavy (non-hydrogen) atoms. The first-order valence-corrected chi connectivity index (χ1v) is 14.5. The number of fused-ring (bicyclic) bond motifs is 6. The monoisotopic (exact) mass is 547 g/mol. The van der Waals surface area contributed by atoms with Crippen LogP contribution >= 0.6 is 0 Å². The van der Waals surface area contributed by atoms with Crippen molar-refractivity contribution in [2.24, 2.45) is 23.2 Å². The van der Waals surface area contributed by atoms with Crippen LogP contribution in [-0.4, -0.2) is 77.9 Å². The lowest BCUT2D eigenvalue weighted by Gasteiger charge is -2.51. The quantitative estimate of drug-likeness (QED) is 0.526. The maximum Gasteiger partial charge on any atom is 0.245 e. The third kappa shape index (κ3) is 5.49. The normalized spacial score (nSPS) is 30.6. The van der Waals surface area contributed by atoms with E-state index in [2.05, 4.69) is 20.5 Å². The van der Waals surface area contributed by atoms with Crippen LogP contribution in [0.25, 0.3) is 0 Å². The second kappa shape index (κ2) is 12.1. The second-order valence-corrected chi connectivity index (χ2v) is 11.6. The Kier molecular flexibility index (Phi) is 8.51. The van der Waals surface area contributed by atoms with Crippen LogP contribution in [0.3, 0.4) is 0 Å². The first kappa shape index (κ1) is 28.2. The topological polar surface area (TPSA) is 104 Å². The van der Waals surface area contributed by atoms with Gasteiger partial charge in [-0.2, -0.15) is 0 Å². The SMILES string of the molecule is CCC1[C@@H](OCc2ccccc2)[C@@H](C(=O)NC)NC(=O)[C@H]2CN(Cc3cccnc3)CC23CN(C3)C(=O)[C@@H]1CC. The molecule has 214 valence electrons. The van der Waals surface area contributed by atoms with E-state index in [1.807, 2.05) is 67.4 Å². The summed E-state index contributed by atoms with van der Waals surface area (Å²) < 4.78 is 6.50. The number of ether oxygens (including phenoxy) is 1. The van der Waals surface area contributed by atoms with Gasteiger partial charge >= 0.3 is 0 Å². The Labute approximate surface area is 236 Å². The van der Waals surface area contributed by atoms with Crippen LogP contribution in [0.15, 0.2) is 54.9 Å². The minimum absolute atomic E-state index is 0.0998. The molecule has 2 bridgehead atoms. The lowest BCUT2D eigenvalue weighted by molar-refractivity contribution is -0.156. The molecule has 2 aromatic rings. The van der Waals surface area contributed by atoms with E-state index in [9.17, 15) is 14.4 Å². The summed E-state index contributed by atoms with van der Waals surface area (Å²) in [6.07, 6.45) is 4.22. The number of likely N-dealkylation sites (tertiary alicyclic amines) is 1. The van der Waals surface area contributed by atoms with E-state index in [0.29, 0.717) is 39.0 Å². The zero-order valence-electron chi connectivity index (χ0n) is 23.7. The van der Waals surface area contributed by atoms with Crippen molar-refractivity contribution >= 4 is 17.7 Å². The van der Waals surface area contributed by atoms with E-state index < -0.39 is 12.1 Å². The average molecular weight is 548 g/mol. The molecule has 4 aliphatic rings. The third-order valence-corrected chi connectivity index (χ3v) is 9.09. The van der Waals surface area contributed by atoms with Gasteiger partial charge in [0.05, 0.1) is 18.6 Å². The number of pyridine rings is 1. The van der Waals surface area contributed by atoms with Crippen LogP contribution in [0, 0.1) is 23.2 Å². The van der Waals surface area contributed by atoms with Gasteiger partial charge in [-0.05, 0) is 36.0 Å². The first-order valence-electron chi connectivity index (χ1n) is 14.5. The van der Waals surface area contributed by atoms with Crippen molar-refractivity contribution in [3.63, 3.8) is 0 Å². The highest BCUT2D eigenvalue weighted by Crippen LogP contribution is 2.46. The Bertz CT molecular complexity index is 1190. The maximum atomic E-state index is 14.0. The molecule has 4 saturated heterocycles. The van der Waals surface area contributed by atoms with E-state index in [0.717, 1.165) is 17.7 Å². The average Bonchev–Trinajstić information content (AvgIpc) is 3.34. The van der Waals surface area contributed by atoms with Crippen molar-refractivity contribution in [1.82, 2.24) is 25.4 Å². The number of carbonyl (C=O) groups excluding carboxylic acids is 3. The number of hydrogen-bond donors (Lipinski definition) is 2. The van der Waals surface area contributed by atoms with E-state index >= 15 is 0 Å². The Balaban J connectivity index is 1.47. The minimum atomic E-state index is -0.914. The van der Waals surface area contributed by atoms with Gasteiger partial charge in [0.25, 0.3) is 0 Å². The standard InChI is InChI=1S/C31H41N5O4/c1-4-23-24(5-2)30(39)36-19-31(20-36)18-35(15-22-12-9-13-33-14-22)16-25(31)28(37)34-26(29(38)32-3)27(23)40-17-21-10-7-6-8-11-21/h6-14,23-27H,4-5,15-20H2,1-3H3,(H,32,38)(H,34,37)/t23?,24-,25-,26+,27-/m1/s1. The molecule has 3 amide bonds. The summed E-state index contributed by atoms with van der Waals surface area (Å²) >= 11 is 0. The number of hydrogen-bond acceptors (Lipinski definition) is 6. The van der Waals surface area contributed by atoms with Gasteiger partial charge in [-0.1, -0.05) is 50.2 Å². The van der Waals surface area contributed by atoms with Crippen LogP contribution in [0.4, 0.5) is 0 Å². The van der Waals surface area contributed by atoms with Gasteiger partial charge in [-0.15, -0.1) is 0 Å². The molecular weight excluding hydrogens is 506 g/mol. The van der Waals surface area contributed by atoms with Gasteiger partial charge in [-0.3, -0.25) is 24.3 Å². The summed E-state index contributed by atoms with van der Waals surface area (Å²) in [5.74, 6) is -1.24. The Morgan fingerprint density at radius 1 is 1.07 bits per heavy atom. The molecule has 6 rings (SSSR count). The fourth-order valence-electron chi connectivity index (χ4n) is 7.07. The molecule has 1 unspecified atom stereocenters. The van der Waals surface area contributed by atoms with Crippen LogP contribution in [0.2, 0.25) is 0 Å². The van der Waals surface area contributed by atoms with Crippen LogP contribution in [0.5, 0.6) is 0 Å². The summed E-state index contributed by atoms with van der Waals surface area (Å²) in [5, 5.41) is 5.88. The third-order valence-electron chi connectivity index (χ3n) is 9.09. The maximum absolute atomic E-state index is 14.0. The Morgan fingerprint density at radius 3 is 2.48 bits per heavy atom. The lowest BCUT2D eigenvalue weighted by atomic mass is 9.70. The number of likely N-dealkylation sites (N-methyl/N-ethyl adjacent to an activating group) is 1. The number of rotatable bonds is 8. The van der Waals surface area contributed by atoms with Crippen molar-refractivity contribution in [2.45, 2.75) is 52.0 Å². The zero-order valence-corrected chi connectivity index (χ0v) is 23.7. The second-order valence-electron chi connectivity index (χ2n) is 11.6. The van der Waals surface area contributed by atoms with Gasteiger partial charge in [0.2, 0.25) is 17.7 Å². The van der Waals surface area contributed by atoms with E-state index in [1.165, 1.54) is 0 Å². The summed E-state index contributed by atoms with van der Waals surface area (Å²) in [6.45, 7) is 7.42. The van der Waals surface area contributed by atoms with Crippen molar-refractivity contribution in [2.75, 3.05) is 33.2 Å². The molecular formula is C31H41N5O4. The van der Waals surface area contributed by atoms with Gasteiger partial charge in [0.1, 0.15) is 6.04 Å². The molecule has 9 heteroatoms. The predicted molar refractivity (Wildman–Crippen MR) is 151 cm³/mol. The van der Waals surface area contributed by atoms with Crippen molar-refractivity contribution in [3.05, 3.63) is 66.0 Å². The predicted octanol–water partition coefficient (Wildman–Crippen LogP) is 2.22. The largest absolute Gasteiger partial charge is 0.371 e. The number of amides is 3. The summed E-state index contributed by atoms with van der Waals surface area (Å²) in [5.41, 5.74) is 1.72. The molecule has 5 heterocycles. The molecule has 1 aromatic heterocycles. The van der Waals surface area contributed by atoms with Crippen molar-refractivity contribution in [3.8, 4) is 0 Å². The minimum Gasteiger partial charge on any atom is -0.371 e. The van der Waals surface area contributed by atoms with Crippen LogP contribution < -0.4 is 10.6 Å². The van der Waals surface area contributed by atoms with E-state index in [4.69, 9.17) is 4.74 Å². The van der Waals surface area contributed by atoms with Gasteiger partial charge < -0.3 is 20.3 Å². The Morgan fingerprint density at radius 2 is 1.82 bits per heavy atom. The summed E-state index contributed by atoms with van der Waals surface area (Å²) in [7, 11) is 1.58. The molecule has 4 aliphatic heterocycles. The molecule has 0 saturated carbocycles. The summed E-state index contributed by atoms with van der Waals surface area (Å²) in [4.78, 5) is 49.8. The van der Waals surface area contributed by atoms with Crippen LogP contribution in [0.1, 0.15) is 37.8 Å².